The van der Waals surface area contributed by atoms with E-state index < -0.39 is 0 Å². The van der Waals surface area contributed by atoms with Crippen LogP contribution >= 0.6 is 0 Å². The third-order valence-corrected chi connectivity index (χ3v) is 6.92. The molecule has 0 aromatic heterocycles. The molecule has 0 unspecified atom stereocenters. The number of carbonyl (C=O) groups is 3. The minimum absolute atomic E-state index is 0.0497. The summed E-state index contributed by atoms with van der Waals surface area (Å²) in [7, 11) is 3.81. The van der Waals surface area contributed by atoms with E-state index in [0.717, 1.165) is 13.0 Å². The fourth-order valence-electron chi connectivity index (χ4n) is 5.03. The Morgan fingerprint density at radius 1 is 1.06 bits per heavy atom. The topological polar surface area (TPSA) is 105 Å². The van der Waals surface area contributed by atoms with Crippen molar-refractivity contribution < 1.29 is 14.4 Å². The Labute approximate surface area is 194 Å². The lowest BCUT2D eigenvalue weighted by Crippen LogP contribution is -2.36. The highest BCUT2D eigenvalue weighted by molar-refractivity contribution is 6.32. The van der Waals surface area contributed by atoms with Gasteiger partial charge in [0.1, 0.15) is 0 Å². The number of ketones is 2. The van der Waals surface area contributed by atoms with Crippen LogP contribution in [0.2, 0.25) is 0 Å². The van der Waals surface area contributed by atoms with Gasteiger partial charge in [0, 0.05) is 36.4 Å². The molecule has 7 heteroatoms. The first-order chi connectivity index (χ1) is 15.9. The number of hydrogen-bond donors (Lipinski definition) is 3. The summed E-state index contributed by atoms with van der Waals surface area (Å²) in [5, 5.41) is 5.89. The van der Waals surface area contributed by atoms with E-state index in [1.165, 1.54) is 32.1 Å². The highest BCUT2D eigenvalue weighted by Gasteiger charge is 2.35. The largest absolute Gasteiger partial charge is 0.397 e. The van der Waals surface area contributed by atoms with Crippen molar-refractivity contribution in [3.8, 4) is 0 Å². The Morgan fingerprint density at radius 2 is 1.70 bits per heavy atom. The molecule has 33 heavy (non-hydrogen) atoms. The highest BCUT2D eigenvalue weighted by Crippen LogP contribution is 2.37. The Bertz CT molecular complexity index is 1090. The van der Waals surface area contributed by atoms with Crippen molar-refractivity contribution in [3.63, 3.8) is 0 Å². The highest BCUT2D eigenvalue weighted by atomic mass is 16.2. The van der Waals surface area contributed by atoms with E-state index in [4.69, 9.17) is 5.73 Å². The minimum atomic E-state index is -0.341. The predicted octanol–water partition coefficient (Wildman–Crippen LogP) is 3.47. The van der Waals surface area contributed by atoms with Crippen LogP contribution in [0.4, 0.5) is 11.4 Å². The van der Waals surface area contributed by atoms with Crippen molar-refractivity contribution in [2.45, 2.75) is 44.6 Å². The molecule has 4 N–H and O–H groups in total. The summed E-state index contributed by atoms with van der Waals surface area (Å²) >= 11 is 0. The molecular formula is C26H32N4O3. The van der Waals surface area contributed by atoms with Crippen LogP contribution in [0.1, 0.15) is 80.7 Å². The maximum atomic E-state index is 13.2. The zero-order valence-corrected chi connectivity index (χ0v) is 19.4. The van der Waals surface area contributed by atoms with Gasteiger partial charge in [0.2, 0.25) is 0 Å². The van der Waals surface area contributed by atoms with Gasteiger partial charge in [0.15, 0.2) is 11.6 Å². The van der Waals surface area contributed by atoms with Crippen molar-refractivity contribution in [2.75, 3.05) is 38.2 Å². The maximum Gasteiger partial charge on any atom is 0.253 e. The molecule has 174 valence electrons. The molecule has 1 fully saturated rings. The van der Waals surface area contributed by atoms with E-state index in [-0.39, 0.29) is 39.9 Å². The van der Waals surface area contributed by atoms with Gasteiger partial charge < -0.3 is 21.3 Å². The summed E-state index contributed by atoms with van der Waals surface area (Å²) in [5.74, 6) is -0.946. The molecule has 2 aromatic carbocycles. The summed E-state index contributed by atoms with van der Waals surface area (Å²) in [4.78, 5) is 41.7. The lowest BCUT2D eigenvalue weighted by atomic mass is 9.81. The number of nitrogens with two attached hydrogens (primary N) is 1. The molecule has 0 heterocycles. The van der Waals surface area contributed by atoms with Gasteiger partial charge in [-0.2, -0.15) is 0 Å². The minimum Gasteiger partial charge on any atom is -0.397 e. The Hall–Kier alpha value is -3.19. The first-order valence-corrected chi connectivity index (χ1v) is 11.7. The van der Waals surface area contributed by atoms with E-state index in [1.54, 1.807) is 37.4 Å². The second-order valence-corrected chi connectivity index (χ2v) is 8.97. The predicted molar refractivity (Wildman–Crippen MR) is 130 cm³/mol. The number of nitrogens with zero attached hydrogens (tertiary/aromatic N) is 1. The molecule has 0 radical (unpaired) electrons. The Kier molecular flexibility index (Phi) is 6.79. The zero-order chi connectivity index (χ0) is 23.5. The number of hydrogen-bond acceptors (Lipinski definition) is 6. The number of fused-ring (bicyclic) bond motifs is 2. The van der Waals surface area contributed by atoms with Crippen molar-refractivity contribution in [2.24, 2.45) is 0 Å². The van der Waals surface area contributed by atoms with E-state index in [9.17, 15) is 14.4 Å². The first kappa shape index (κ1) is 23.0. The number of amides is 1. The summed E-state index contributed by atoms with van der Waals surface area (Å²) in [6.07, 6.45) is 7.24. The standard InChI is InChI=1S/C26H32N4O3/c1-28-20-15-19(26(33)29-13-8-14-30(2)16-9-4-3-5-10-16)23(27)22-21(20)24(31)17-11-6-7-12-18(17)25(22)32/h6-7,11-12,15-16,28H,3-5,8-10,13-14,27H2,1-2H3,(H,29,33). The van der Waals surface area contributed by atoms with Gasteiger partial charge in [-0.25, -0.2) is 0 Å². The van der Waals surface area contributed by atoms with Crippen molar-refractivity contribution in [3.05, 3.63) is 58.1 Å². The fraction of sp³-hybridized carbons (Fsp3) is 0.423. The van der Waals surface area contributed by atoms with Crippen LogP contribution in [-0.2, 0) is 0 Å². The molecule has 2 aliphatic carbocycles. The number of nitrogen functional groups attached to an aromatic ring is 1. The van der Waals surface area contributed by atoms with Crippen LogP contribution < -0.4 is 16.4 Å². The molecule has 1 saturated carbocycles. The third kappa shape index (κ3) is 4.37. The Morgan fingerprint density at radius 3 is 2.33 bits per heavy atom. The average molecular weight is 449 g/mol. The zero-order valence-electron chi connectivity index (χ0n) is 19.4. The monoisotopic (exact) mass is 448 g/mol. The van der Waals surface area contributed by atoms with Gasteiger partial charge in [-0.05, 0) is 38.9 Å². The van der Waals surface area contributed by atoms with Crippen molar-refractivity contribution in [1.82, 2.24) is 10.2 Å². The van der Waals surface area contributed by atoms with E-state index in [2.05, 4.69) is 22.6 Å². The second-order valence-electron chi connectivity index (χ2n) is 8.97. The summed E-state index contributed by atoms with van der Waals surface area (Å²) in [6, 6.07) is 8.90. The van der Waals surface area contributed by atoms with Gasteiger partial charge in [0.25, 0.3) is 5.91 Å². The van der Waals surface area contributed by atoms with Gasteiger partial charge >= 0.3 is 0 Å². The van der Waals surface area contributed by atoms with Crippen LogP contribution in [0.25, 0.3) is 0 Å². The molecule has 4 rings (SSSR count). The number of nitrogens with one attached hydrogen (secondary N) is 2. The molecule has 0 bridgehead atoms. The van der Waals surface area contributed by atoms with Gasteiger partial charge in [-0.3, -0.25) is 14.4 Å². The van der Waals surface area contributed by atoms with E-state index >= 15 is 0 Å². The lowest BCUT2D eigenvalue weighted by Gasteiger charge is -2.31. The molecule has 0 atom stereocenters. The normalized spacial score (nSPS) is 15.8. The average Bonchev–Trinajstić information content (AvgIpc) is 2.85. The number of anilines is 2. The molecule has 0 spiro atoms. The van der Waals surface area contributed by atoms with Gasteiger partial charge in [-0.15, -0.1) is 0 Å². The summed E-state index contributed by atoms with van der Waals surface area (Å²) < 4.78 is 0. The maximum absolute atomic E-state index is 13.2. The van der Waals surface area contributed by atoms with Crippen LogP contribution in [0, 0.1) is 0 Å². The van der Waals surface area contributed by atoms with Gasteiger partial charge in [-0.1, -0.05) is 43.5 Å². The SMILES string of the molecule is CNc1cc(C(=O)NCCCN(C)C2CCCCC2)c(N)c2c1C(=O)c1ccccc1C2=O. The molecule has 7 nitrogen and oxygen atoms in total. The quantitative estimate of drug-likeness (QED) is 0.378. The summed E-state index contributed by atoms with van der Waals surface area (Å²) in [5.41, 5.74) is 8.00. The number of carbonyl (C=O) groups excluding carboxylic acids is 3. The third-order valence-electron chi connectivity index (χ3n) is 6.92. The Balaban J connectivity index is 1.50. The van der Waals surface area contributed by atoms with Crippen LogP contribution in [-0.4, -0.2) is 55.6 Å². The van der Waals surface area contributed by atoms with Crippen LogP contribution in [0.5, 0.6) is 0 Å². The molecule has 1 amide bonds. The van der Waals surface area contributed by atoms with Crippen molar-refractivity contribution >= 4 is 28.8 Å². The van der Waals surface area contributed by atoms with Crippen LogP contribution in [0.15, 0.2) is 30.3 Å². The molecule has 0 aliphatic heterocycles. The molecule has 2 aliphatic rings. The molecular weight excluding hydrogens is 416 g/mol. The number of benzene rings is 2. The van der Waals surface area contributed by atoms with Crippen molar-refractivity contribution in [1.29, 1.82) is 0 Å². The number of rotatable bonds is 7. The van der Waals surface area contributed by atoms with Gasteiger partial charge in [0.05, 0.1) is 22.4 Å². The van der Waals surface area contributed by atoms with E-state index in [0.29, 0.717) is 29.4 Å². The molecule has 2 aromatic rings. The molecule has 0 saturated heterocycles. The lowest BCUT2D eigenvalue weighted by molar-refractivity contribution is 0.0949. The summed E-state index contributed by atoms with van der Waals surface area (Å²) in [6.45, 7) is 1.42. The van der Waals surface area contributed by atoms with E-state index in [1.807, 2.05) is 0 Å². The smallest absolute Gasteiger partial charge is 0.253 e. The fourth-order valence-corrected chi connectivity index (χ4v) is 5.03. The van der Waals surface area contributed by atoms with Crippen LogP contribution in [0.3, 0.4) is 0 Å². The second kappa shape index (κ2) is 9.75. The first-order valence-electron chi connectivity index (χ1n) is 11.7.